The number of amides is 3. The number of halogens is 1. The van der Waals surface area contributed by atoms with Crippen LogP contribution in [-0.4, -0.2) is 11.9 Å². The van der Waals surface area contributed by atoms with Gasteiger partial charge in [-0.1, -0.05) is 11.6 Å². The summed E-state index contributed by atoms with van der Waals surface area (Å²) in [4.78, 5) is 23.3. The second-order valence-electron chi connectivity index (χ2n) is 5.14. The number of hydrogen-bond acceptors (Lipinski definition) is 2. The number of hydrogen-bond donors (Lipinski definition) is 3. The monoisotopic (exact) mass is 315 g/mol. The van der Waals surface area contributed by atoms with Gasteiger partial charge in [-0.25, -0.2) is 4.79 Å². The third kappa shape index (κ3) is 3.04. The first-order chi connectivity index (χ1) is 10.5. The average Bonchev–Trinajstić information content (AvgIpc) is 2.82. The molecule has 3 amide bonds. The molecule has 0 aliphatic carbocycles. The maximum atomic E-state index is 12.0. The number of carbonyl (C=O) groups is 2. The molecular formula is C16H14ClN3O2. The SMILES string of the molecule is Cc1cc(NC(=O)Nc2ccc3c(c2)CC(=O)N3)ccc1Cl. The molecule has 0 atom stereocenters. The fourth-order valence-electron chi connectivity index (χ4n) is 2.32. The summed E-state index contributed by atoms with van der Waals surface area (Å²) in [7, 11) is 0. The summed E-state index contributed by atoms with van der Waals surface area (Å²) in [5.41, 5.74) is 3.87. The van der Waals surface area contributed by atoms with Gasteiger partial charge in [0, 0.05) is 22.1 Å². The zero-order valence-electron chi connectivity index (χ0n) is 11.9. The Morgan fingerprint density at radius 1 is 1.14 bits per heavy atom. The number of anilines is 3. The van der Waals surface area contributed by atoms with Crippen LogP contribution in [0.25, 0.3) is 0 Å². The largest absolute Gasteiger partial charge is 0.326 e. The van der Waals surface area contributed by atoms with E-state index in [1.165, 1.54) is 0 Å². The van der Waals surface area contributed by atoms with Crippen molar-refractivity contribution >= 4 is 40.6 Å². The van der Waals surface area contributed by atoms with Gasteiger partial charge in [0.2, 0.25) is 5.91 Å². The van der Waals surface area contributed by atoms with Crippen molar-refractivity contribution in [3.8, 4) is 0 Å². The van der Waals surface area contributed by atoms with E-state index in [0.29, 0.717) is 22.8 Å². The highest BCUT2D eigenvalue weighted by Gasteiger charge is 2.17. The lowest BCUT2D eigenvalue weighted by atomic mass is 10.1. The van der Waals surface area contributed by atoms with E-state index in [4.69, 9.17) is 11.6 Å². The normalized spacial score (nSPS) is 12.5. The molecule has 5 nitrogen and oxygen atoms in total. The first-order valence-electron chi connectivity index (χ1n) is 6.78. The number of rotatable bonds is 2. The summed E-state index contributed by atoms with van der Waals surface area (Å²) >= 11 is 5.95. The predicted octanol–water partition coefficient (Wildman–Crippen LogP) is 3.79. The van der Waals surface area contributed by atoms with Crippen LogP contribution in [0.15, 0.2) is 36.4 Å². The lowest BCUT2D eigenvalue weighted by Gasteiger charge is -2.09. The van der Waals surface area contributed by atoms with Gasteiger partial charge in [0.05, 0.1) is 6.42 Å². The van der Waals surface area contributed by atoms with E-state index in [1.54, 1.807) is 36.4 Å². The molecule has 0 saturated carbocycles. The van der Waals surface area contributed by atoms with E-state index >= 15 is 0 Å². The smallest absolute Gasteiger partial charge is 0.323 e. The molecule has 0 spiro atoms. The lowest BCUT2D eigenvalue weighted by Crippen LogP contribution is -2.19. The first kappa shape index (κ1) is 14.4. The Labute approximate surface area is 132 Å². The third-order valence-corrected chi connectivity index (χ3v) is 3.83. The van der Waals surface area contributed by atoms with Crippen LogP contribution in [0, 0.1) is 6.92 Å². The molecule has 0 fully saturated rings. The molecule has 6 heteroatoms. The minimum atomic E-state index is -0.348. The highest BCUT2D eigenvalue weighted by Crippen LogP contribution is 2.26. The summed E-state index contributed by atoms with van der Waals surface area (Å²) in [6.07, 6.45) is 0.336. The van der Waals surface area contributed by atoms with Gasteiger partial charge < -0.3 is 16.0 Å². The Balaban J connectivity index is 1.68. The van der Waals surface area contributed by atoms with Gasteiger partial charge in [-0.15, -0.1) is 0 Å². The summed E-state index contributed by atoms with van der Waals surface area (Å²) in [5, 5.41) is 8.89. The first-order valence-corrected chi connectivity index (χ1v) is 7.16. The topological polar surface area (TPSA) is 70.2 Å². The van der Waals surface area contributed by atoms with Crippen molar-refractivity contribution in [2.75, 3.05) is 16.0 Å². The molecule has 0 radical (unpaired) electrons. The van der Waals surface area contributed by atoms with Crippen molar-refractivity contribution in [2.45, 2.75) is 13.3 Å². The van der Waals surface area contributed by atoms with Gasteiger partial charge in [-0.3, -0.25) is 4.79 Å². The molecule has 1 heterocycles. The van der Waals surface area contributed by atoms with Crippen molar-refractivity contribution in [3.05, 3.63) is 52.5 Å². The van der Waals surface area contributed by atoms with Crippen molar-refractivity contribution in [1.82, 2.24) is 0 Å². The quantitative estimate of drug-likeness (QED) is 0.789. The van der Waals surface area contributed by atoms with Crippen molar-refractivity contribution in [3.63, 3.8) is 0 Å². The molecule has 22 heavy (non-hydrogen) atoms. The molecule has 1 aliphatic heterocycles. The van der Waals surface area contributed by atoms with Gasteiger partial charge in [-0.05, 0) is 54.4 Å². The summed E-state index contributed by atoms with van der Waals surface area (Å²) in [6, 6.07) is 10.2. The van der Waals surface area contributed by atoms with Crippen LogP contribution in [0.5, 0.6) is 0 Å². The predicted molar refractivity (Wildman–Crippen MR) is 87.6 cm³/mol. The Morgan fingerprint density at radius 3 is 2.55 bits per heavy atom. The average molecular weight is 316 g/mol. The van der Waals surface area contributed by atoms with Crippen LogP contribution in [0.2, 0.25) is 5.02 Å². The molecular weight excluding hydrogens is 302 g/mol. The number of urea groups is 1. The van der Waals surface area contributed by atoms with Gasteiger partial charge in [0.15, 0.2) is 0 Å². The summed E-state index contributed by atoms with van der Waals surface area (Å²) < 4.78 is 0. The molecule has 0 unspecified atom stereocenters. The van der Waals surface area contributed by atoms with E-state index in [1.807, 2.05) is 6.92 Å². The zero-order chi connectivity index (χ0) is 15.7. The van der Waals surface area contributed by atoms with E-state index in [9.17, 15) is 9.59 Å². The molecule has 0 aromatic heterocycles. The highest BCUT2D eigenvalue weighted by molar-refractivity contribution is 6.31. The minimum absolute atomic E-state index is 0.0340. The van der Waals surface area contributed by atoms with Gasteiger partial charge >= 0.3 is 6.03 Å². The Morgan fingerprint density at radius 2 is 1.82 bits per heavy atom. The van der Waals surface area contributed by atoms with Crippen LogP contribution >= 0.6 is 11.6 Å². The number of carbonyl (C=O) groups excluding carboxylic acids is 2. The van der Waals surface area contributed by atoms with Crippen molar-refractivity contribution in [2.24, 2.45) is 0 Å². The van der Waals surface area contributed by atoms with Gasteiger partial charge in [0.25, 0.3) is 0 Å². The fraction of sp³-hybridized carbons (Fsp3) is 0.125. The van der Waals surface area contributed by atoms with Gasteiger partial charge in [0.1, 0.15) is 0 Å². The summed E-state index contributed by atoms with van der Waals surface area (Å²) in [6.45, 7) is 1.87. The molecule has 112 valence electrons. The molecule has 1 aliphatic rings. The Bertz CT molecular complexity index is 774. The number of fused-ring (bicyclic) bond motifs is 1. The van der Waals surface area contributed by atoms with E-state index in [0.717, 1.165) is 16.8 Å². The van der Waals surface area contributed by atoms with Crippen molar-refractivity contribution < 1.29 is 9.59 Å². The standard InChI is InChI=1S/C16H14ClN3O2/c1-9-6-11(2-4-13(9)17)18-16(22)19-12-3-5-14-10(7-12)8-15(21)20-14/h2-7H,8H2,1H3,(H,20,21)(H2,18,19,22). The van der Waals surface area contributed by atoms with Crippen LogP contribution in [0.1, 0.15) is 11.1 Å². The number of benzene rings is 2. The second-order valence-corrected chi connectivity index (χ2v) is 5.55. The molecule has 3 rings (SSSR count). The lowest BCUT2D eigenvalue weighted by molar-refractivity contribution is -0.115. The second kappa shape index (κ2) is 5.69. The number of aryl methyl sites for hydroxylation is 1. The molecule has 0 saturated heterocycles. The third-order valence-electron chi connectivity index (χ3n) is 3.40. The molecule has 0 bridgehead atoms. The summed E-state index contributed by atoms with van der Waals surface area (Å²) in [5.74, 6) is -0.0340. The maximum Gasteiger partial charge on any atom is 0.323 e. The van der Waals surface area contributed by atoms with Crippen LogP contribution < -0.4 is 16.0 Å². The number of nitrogens with one attached hydrogen (secondary N) is 3. The van der Waals surface area contributed by atoms with Crippen LogP contribution in [-0.2, 0) is 11.2 Å². The van der Waals surface area contributed by atoms with E-state index < -0.39 is 0 Å². The molecule has 3 N–H and O–H groups in total. The Kier molecular flexibility index (Phi) is 3.73. The molecule has 2 aromatic carbocycles. The Hall–Kier alpha value is -2.53. The zero-order valence-corrected chi connectivity index (χ0v) is 12.6. The highest BCUT2D eigenvalue weighted by atomic mass is 35.5. The fourth-order valence-corrected chi connectivity index (χ4v) is 2.44. The van der Waals surface area contributed by atoms with Gasteiger partial charge in [-0.2, -0.15) is 0 Å². The van der Waals surface area contributed by atoms with Crippen molar-refractivity contribution in [1.29, 1.82) is 0 Å². The van der Waals surface area contributed by atoms with E-state index in [-0.39, 0.29) is 11.9 Å². The van der Waals surface area contributed by atoms with Crippen LogP contribution in [0.3, 0.4) is 0 Å². The van der Waals surface area contributed by atoms with E-state index in [2.05, 4.69) is 16.0 Å². The van der Waals surface area contributed by atoms with Crippen LogP contribution in [0.4, 0.5) is 21.9 Å². The maximum absolute atomic E-state index is 12.0. The molecule has 2 aromatic rings. The minimum Gasteiger partial charge on any atom is -0.326 e.